The van der Waals surface area contributed by atoms with E-state index in [4.69, 9.17) is 16.9 Å². The average molecular weight is 315 g/mol. The van der Waals surface area contributed by atoms with Gasteiger partial charge in [0.15, 0.2) is 0 Å². The molecule has 0 amide bonds. The fraction of sp³-hybridized carbons (Fsp3) is 0.500. The van der Waals surface area contributed by atoms with Crippen LogP contribution in [0, 0.1) is 22.7 Å². The van der Waals surface area contributed by atoms with Crippen molar-refractivity contribution in [3.05, 3.63) is 28.8 Å². The summed E-state index contributed by atoms with van der Waals surface area (Å²) in [6.45, 7) is 8.53. The molecule has 1 N–H and O–H groups in total. The Labute approximate surface area is 125 Å². The van der Waals surface area contributed by atoms with Gasteiger partial charge in [-0.2, -0.15) is 5.26 Å². The Balaban J connectivity index is 2.90. The molecule has 0 saturated carbocycles. The van der Waals surface area contributed by atoms with Crippen molar-refractivity contribution >= 4 is 21.6 Å². The van der Waals surface area contributed by atoms with Gasteiger partial charge in [0.2, 0.25) is 10.0 Å². The summed E-state index contributed by atoms with van der Waals surface area (Å²) in [6, 6.07) is 5.98. The summed E-state index contributed by atoms with van der Waals surface area (Å²) in [5.41, 5.74) is 0.277. The molecule has 0 heterocycles. The lowest BCUT2D eigenvalue weighted by atomic mass is 9.82. The first-order valence-electron chi connectivity index (χ1n) is 6.27. The van der Waals surface area contributed by atoms with Crippen LogP contribution in [0.15, 0.2) is 23.1 Å². The fourth-order valence-corrected chi connectivity index (χ4v) is 2.82. The summed E-state index contributed by atoms with van der Waals surface area (Å²) in [6.07, 6.45) is 0. The van der Waals surface area contributed by atoms with Crippen molar-refractivity contribution in [2.45, 2.75) is 32.6 Å². The minimum atomic E-state index is -3.61. The zero-order valence-corrected chi connectivity index (χ0v) is 13.6. The number of hydrogen-bond donors (Lipinski definition) is 1. The summed E-state index contributed by atoms with van der Waals surface area (Å²) < 4.78 is 26.9. The van der Waals surface area contributed by atoms with E-state index < -0.39 is 10.0 Å². The van der Waals surface area contributed by atoms with Crippen LogP contribution < -0.4 is 4.72 Å². The number of hydrogen-bond acceptors (Lipinski definition) is 3. The summed E-state index contributed by atoms with van der Waals surface area (Å²) in [4.78, 5) is 0.0719. The molecule has 0 saturated heterocycles. The van der Waals surface area contributed by atoms with Gasteiger partial charge in [-0.15, -0.1) is 0 Å². The van der Waals surface area contributed by atoms with Crippen LogP contribution in [0.4, 0.5) is 0 Å². The number of rotatable bonds is 4. The normalized spacial score (nSPS) is 13.8. The average Bonchev–Trinajstić information content (AvgIpc) is 2.34. The third-order valence-corrected chi connectivity index (χ3v) is 5.16. The van der Waals surface area contributed by atoms with Crippen molar-refractivity contribution in [3.8, 4) is 6.07 Å². The van der Waals surface area contributed by atoms with Crippen molar-refractivity contribution in [1.29, 1.82) is 5.26 Å². The molecule has 4 nitrogen and oxygen atoms in total. The van der Waals surface area contributed by atoms with Crippen molar-refractivity contribution in [1.82, 2.24) is 4.72 Å². The van der Waals surface area contributed by atoms with E-state index in [1.807, 2.05) is 13.0 Å². The molecule has 0 aliphatic rings. The van der Waals surface area contributed by atoms with Crippen LogP contribution in [-0.4, -0.2) is 15.0 Å². The highest BCUT2D eigenvalue weighted by atomic mass is 35.5. The predicted molar refractivity (Wildman–Crippen MR) is 80.0 cm³/mol. The van der Waals surface area contributed by atoms with E-state index in [1.54, 1.807) is 0 Å². The molecule has 0 aliphatic carbocycles. The van der Waals surface area contributed by atoms with Crippen molar-refractivity contribution in [3.63, 3.8) is 0 Å². The molecule has 0 bridgehead atoms. The lowest BCUT2D eigenvalue weighted by Gasteiger charge is -2.27. The molecule has 1 rings (SSSR count). The highest BCUT2D eigenvalue weighted by Crippen LogP contribution is 2.25. The Morgan fingerprint density at radius 2 is 2.00 bits per heavy atom. The van der Waals surface area contributed by atoms with Crippen LogP contribution in [0.2, 0.25) is 5.02 Å². The zero-order valence-electron chi connectivity index (χ0n) is 12.1. The van der Waals surface area contributed by atoms with Gasteiger partial charge < -0.3 is 0 Å². The molecule has 0 radical (unpaired) electrons. The summed E-state index contributed by atoms with van der Waals surface area (Å²) in [7, 11) is -3.61. The lowest BCUT2D eigenvalue weighted by molar-refractivity contribution is 0.263. The topological polar surface area (TPSA) is 70.0 Å². The highest BCUT2D eigenvalue weighted by molar-refractivity contribution is 7.89. The Hall–Kier alpha value is -1.09. The van der Waals surface area contributed by atoms with Crippen LogP contribution in [0.3, 0.4) is 0 Å². The Morgan fingerprint density at radius 3 is 2.45 bits per heavy atom. The van der Waals surface area contributed by atoms with Crippen molar-refractivity contribution in [2.75, 3.05) is 6.54 Å². The second kappa shape index (κ2) is 6.13. The maximum absolute atomic E-state index is 12.2. The van der Waals surface area contributed by atoms with E-state index in [9.17, 15) is 8.42 Å². The fourth-order valence-electron chi connectivity index (χ4n) is 1.38. The highest BCUT2D eigenvalue weighted by Gasteiger charge is 2.23. The summed E-state index contributed by atoms with van der Waals surface area (Å²) in [5, 5.41) is 8.92. The van der Waals surface area contributed by atoms with E-state index in [1.165, 1.54) is 18.2 Å². The molecule has 1 atom stereocenters. The van der Waals surface area contributed by atoms with E-state index in [2.05, 4.69) is 25.5 Å². The van der Waals surface area contributed by atoms with Gasteiger partial charge in [0, 0.05) is 6.54 Å². The van der Waals surface area contributed by atoms with E-state index in [-0.39, 0.29) is 26.8 Å². The first-order chi connectivity index (χ1) is 9.08. The number of sulfonamides is 1. The van der Waals surface area contributed by atoms with E-state index in [0.717, 1.165) is 0 Å². The van der Waals surface area contributed by atoms with Gasteiger partial charge in [0.1, 0.15) is 6.07 Å². The van der Waals surface area contributed by atoms with Crippen LogP contribution in [0.25, 0.3) is 0 Å². The van der Waals surface area contributed by atoms with Gasteiger partial charge in [0.05, 0.1) is 15.5 Å². The third-order valence-electron chi connectivity index (χ3n) is 3.43. The molecule has 0 fully saturated rings. The maximum Gasteiger partial charge on any atom is 0.240 e. The first-order valence-corrected chi connectivity index (χ1v) is 8.13. The Bertz CT molecular complexity index is 628. The molecule has 0 aliphatic heterocycles. The van der Waals surface area contributed by atoms with Crippen molar-refractivity contribution in [2.24, 2.45) is 11.3 Å². The van der Waals surface area contributed by atoms with E-state index >= 15 is 0 Å². The smallest absolute Gasteiger partial charge is 0.211 e. The number of nitrogens with zero attached hydrogens (tertiary/aromatic N) is 1. The minimum Gasteiger partial charge on any atom is -0.211 e. The molecule has 110 valence electrons. The molecule has 1 aromatic rings. The minimum absolute atomic E-state index is 0.0187. The molecule has 0 spiro atoms. The standard InChI is InChI=1S/C14H19ClN2O2S/c1-10(14(2,3)4)9-17-20(18,19)12-6-5-11(8-16)13(15)7-12/h5-7,10,17H,9H2,1-4H3. The predicted octanol–water partition coefficient (Wildman–Crippen LogP) is 3.17. The SMILES string of the molecule is CC(CNS(=O)(=O)c1ccc(C#N)c(Cl)c1)C(C)(C)C. The number of halogens is 1. The molecule has 6 heteroatoms. The van der Waals surface area contributed by atoms with Gasteiger partial charge in [-0.05, 0) is 29.5 Å². The van der Waals surface area contributed by atoms with E-state index in [0.29, 0.717) is 6.54 Å². The number of benzene rings is 1. The molecule has 1 aromatic carbocycles. The number of nitriles is 1. The van der Waals surface area contributed by atoms with Crippen LogP contribution >= 0.6 is 11.6 Å². The Morgan fingerprint density at radius 1 is 1.40 bits per heavy atom. The zero-order chi connectivity index (χ0) is 15.6. The molecule has 0 aromatic heterocycles. The second-order valence-corrected chi connectivity index (χ2v) is 8.05. The second-order valence-electron chi connectivity index (χ2n) is 5.87. The van der Waals surface area contributed by atoms with Gasteiger partial charge >= 0.3 is 0 Å². The lowest BCUT2D eigenvalue weighted by Crippen LogP contribution is -2.33. The van der Waals surface area contributed by atoms with Gasteiger partial charge in [0.25, 0.3) is 0 Å². The largest absolute Gasteiger partial charge is 0.240 e. The van der Waals surface area contributed by atoms with Crippen LogP contribution in [0.1, 0.15) is 33.3 Å². The molecule has 20 heavy (non-hydrogen) atoms. The number of nitrogens with one attached hydrogen (secondary N) is 1. The first kappa shape index (κ1) is 17.0. The summed E-state index contributed by atoms with van der Waals surface area (Å²) >= 11 is 5.86. The molecular weight excluding hydrogens is 296 g/mol. The maximum atomic E-state index is 12.2. The summed E-state index contributed by atoms with van der Waals surface area (Å²) in [5.74, 6) is 0.186. The molecular formula is C14H19ClN2O2S. The Kier molecular flexibility index (Phi) is 5.20. The van der Waals surface area contributed by atoms with Gasteiger partial charge in [-0.1, -0.05) is 39.3 Å². The van der Waals surface area contributed by atoms with Gasteiger partial charge in [-0.3, -0.25) is 0 Å². The van der Waals surface area contributed by atoms with Crippen LogP contribution in [-0.2, 0) is 10.0 Å². The van der Waals surface area contributed by atoms with Crippen LogP contribution in [0.5, 0.6) is 0 Å². The monoisotopic (exact) mass is 314 g/mol. The third kappa shape index (κ3) is 4.20. The van der Waals surface area contributed by atoms with Crippen molar-refractivity contribution < 1.29 is 8.42 Å². The molecule has 1 unspecified atom stereocenters. The van der Waals surface area contributed by atoms with Gasteiger partial charge in [-0.25, -0.2) is 13.1 Å². The quantitative estimate of drug-likeness (QED) is 0.928.